The van der Waals surface area contributed by atoms with E-state index in [1.807, 2.05) is 0 Å². The minimum atomic E-state index is -1.09. The molecule has 2 atom stereocenters. The Morgan fingerprint density at radius 1 is 1.62 bits per heavy atom. The van der Waals surface area contributed by atoms with E-state index in [0.717, 1.165) is 19.5 Å². The van der Waals surface area contributed by atoms with E-state index in [9.17, 15) is 9.59 Å². The van der Waals surface area contributed by atoms with Crippen molar-refractivity contribution >= 4 is 11.9 Å². The van der Waals surface area contributed by atoms with Crippen LogP contribution in [-0.4, -0.2) is 36.1 Å². The van der Waals surface area contributed by atoms with Crippen molar-refractivity contribution in [2.45, 2.75) is 25.3 Å². The van der Waals surface area contributed by atoms with Crippen LogP contribution in [0.15, 0.2) is 0 Å². The zero-order chi connectivity index (χ0) is 12.0. The van der Waals surface area contributed by atoms with Crippen molar-refractivity contribution in [3.63, 3.8) is 0 Å². The molecule has 5 nitrogen and oxygen atoms in total. The van der Waals surface area contributed by atoms with E-state index < -0.39 is 12.0 Å². The summed E-state index contributed by atoms with van der Waals surface area (Å²) in [5.41, 5.74) is 0. The molecule has 1 aliphatic rings. The molecule has 0 aromatic rings. The molecular weight excluding hydrogens is 208 g/mol. The number of aliphatic carboxylic acids is 1. The number of terminal acetylenes is 1. The highest BCUT2D eigenvalue weighted by Gasteiger charge is 2.22. The van der Waals surface area contributed by atoms with Crippen LogP contribution in [0.5, 0.6) is 0 Å². The van der Waals surface area contributed by atoms with E-state index in [0.29, 0.717) is 12.3 Å². The van der Waals surface area contributed by atoms with Gasteiger partial charge in [-0.1, -0.05) is 0 Å². The molecule has 3 N–H and O–H groups in total. The van der Waals surface area contributed by atoms with Gasteiger partial charge in [-0.2, -0.15) is 0 Å². The van der Waals surface area contributed by atoms with Gasteiger partial charge in [-0.3, -0.25) is 4.79 Å². The summed E-state index contributed by atoms with van der Waals surface area (Å²) in [5.74, 6) is 1.22. The maximum absolute atomic E-state index is 11.5. The summed E-state index contributed by atoms with van der Waals surface area (Å²) < 4.78 is 0. The number of amides is 1. The van der Waals surface area contributed by atoms with Crippen LogP contribution in [0.25, 0.3) is 0 Å². The molecule has 0 aliphatic carbocycles. The van der Waals surface area contributed by atoms with Gasteiger partial charge in [0.15, 0.2) is 0 Å². The largest absolute Gasteiger partial charge is 0.480 e. The van der Waals surface area contributed by atoms with Crippen LogP contribution in [0.2, 0.25) is 0 Å². The number of hydrogen-bond acceptors (Lipinski definition) is 3. The van der Waals surface area contributed by atoms with Crippen LogP contribution in [0, 0.1) is 18.3 Å². The van der Waals surface area contributed by atoms with Crippen molar-refractivity contribution in [3.8, 4) is 12.3 Å². The van der Waals surface area contributed by atoms with Gasteiger partial charge in [0, 0.05) is 12.8 Å². The first-order valence-corrected chi connectivity index (χ1v) is 5.30. The van der Waals surface area contributed by atoms with Gasteiger partial charge in [0.05, 0.1) is 0 Å². The highest BCUT2D eigenvalue weighted by atomic mass is 16.4. The number of carboxylic acids is 1. The summed E-state index contributed by atoms with van der Waals surface area (Å²) in [6.07, 6.45) is 6.37. The third kappa shape index (κ3) is 3.91. The Balaban J connectivity index is 2.36. The molecule has 0 radical (unpaired) electrons. The molecule has 5 heteroatoms. The third-order valence-corrected chi connectivity index (χ3v) is 2.59. The summed E-state index contributed by atoms with van der Waals surface area (Å²) in [6.45, 7) is 1.74. The molecule has 1 rings (SSSR count). The van der Waals surface area contributed by atoms with E-state index >= 15 is 0 Å². The van der Waals surface area contributed by atoms with Crippen molar-refractivity contribution in [3.05, 3.63) is 0 Å². The summed E-state index contributed by atoms with van der Waals surface area (Å²) in [5, 5.41) is 14.4. The van der Waals surface area contributed by atoms with Gasteiger partial charge in [-0.25, -0.2) is 4.79 Å². The molecule has 0 saturated carbocycles. The first-order chi connectivity index (χ1) is 7.63. The SMILES string of the molecule is C#CCC(NC(=O)CC1CCNC1)C(=O)O. The topological polar surface area (TPSA) is 78.4 Å². The van der Waals surface area contributed by atoms with E-state index in [1.54, 1.807) is 0 Å². The molecule has 1 aliphatic heterocycles. The maximum Gasteiger partial charge on any atom is 0.327 e. The minimum absolute atomic E-state index is 0.0178. The number of carbonyl (C=O) groups is 2. The summed E-state index contributed by atoms with van der Waals surface area (Å²) in [7, 11) is 0. The van der Waals surface area contributed by atoms with E-state index in [1.165, 1.54) is 0 Å². The van der Waals surface area contributed by atoms with Crippen molar-refractivity contribution in [1.29, 1.82) is 0 Å². The Morgan fingerprint density at radius 3 is 2.88 bits per heavy atom. The minimum Gasteiger partial charge on any atom is -0.480 e. The third-order valence-electron chi connectivity index (χ3n) is 2.59. The average Bonchev–Trinajstić information content (AvgIpc) is 2.69. The van der Waals surface area contributed by atoms with Gasteiger partial charge >= 0.3 is 5.97 Å². The van der Waals surface area contributed by atoms with Crippen molar-refractivity contribution in [2.24, 2.45) is 5.92 Å². The standard InChI is InChI=1S/C11H16N2O3/c1-2-3-9(11(15)16)13-10(14)6-8-4-5-12-7-8/h1,8-9,12H,3-7H2,(H,13,14)(H,15,16). The maximum atomic E-state index is 11.5. The molecule has 1 saturated heterocycles. The fraction of sp³-hybridized carbons (Fsp3) is 0.636. The van der Waals surface area contributed by atoms with Crippen molar-refractivity contribution in [2.75, 3.05) is 13.1 Å². The van der Waals surface area contributed by atoms with Crippen LogP contribution in [0.3, 0.4) is 0 Å². The lowest BCUT2D eigenvalue weighted by Crippen LogP contribution is -2.41. The second-order valence-electron chi connectivity index (χ2n) is 3.93. The average molecular weight is 224 g/mol. The second kappa shape index (κ2) is 6.13. The van der Waals surface area contributed by atoms with Crippen LogP contribution < -0.4 is 10.6 Å². The lowest BCUT2D eigenvalue weighted by atomic mass is 10.0. The van der Waals surface area contributed by atoms with Gasteiger partial charge in [0.1, 0.15) is 6.04 Å². The number of nitrogens with one attached hydrogen (secondary N) is 2. The van der Waals surface area contributed by atoms with Gasteiger partial charge in [0.25, 0.3) is 0 Å². The molecule has 1 amide bonds. The zero-order valence-corrected chi connectivity index (χ0v) is 9.03. The number of hydrogen-bond donors (Lipinski definition) is 3. The van der Waals surface area contributed by atoms with Crippen LogP contribution in [0.1, 0.15) is 19.3 Å². The molecule has 2 unspecified atom stereocenters. The summed E-state index contributed by atoms with van der Waals surface area (Å²) in [6, 6.07) is -0.966. The van der Waals surface area contributed by atoms with Crippen molar-refractivity contribution < 1.29 is 14.7 Å². The van der Waals surface area contributed by atoms with Crippen LogP contribution >= 0.6 is 0 Å². The monoisotopic (exact) mass is 224 g/mol. The van der Waals surface area contributed by atoms with Crippen LogP contribution in [-0.2, 0) is 9.59 Å². The Morgan fingerprint density at radius 2 is 2.38 bits per heavy atom. The fourth-order valence-corrected chi connectivity index (χ4v) is 1.72. The first-order valence-electron chi connectivity index (χ1n) is 5.30. The van der Waals surface area contributed by atoms with E-state index in [2.05, 4.69) is 16.6 Å². The second-order valence-corrected chi connectivity index (χ2v) is 3.93. The summed E-state index contributed by atoms with van der Waals surface area (Å²) >= 11 is 0. The molecule has 0 bridgehead atoms. The summed E-state index contributed by atoms with van der Waals surface area (Å²) in [4.78, 5) is 22.3. The Bertz CT molecular complexity index is 303. The molecular formula is C11H16N2O3. The van der Waals surface area contributed by atoms with Crippen molar-refractivity contribution in [1.82, 2.24) is 10.6 Å². The zero-order valence-electron chi connectivity index (χ0n) is 9.03. The fourth-order valence-electron chi connectivity index (χ4n) is 1.72. The number of carboxylic acid groups (broad SMARTS) is 1. The molecule has 88 valence electrons. The molecule has 16 heavy (non-hydrogen) atoms. The molecule has 0 spiro atoms. The highest BCUT2D eigenvalue weighted by Crippen LogP contribution is 2.11. The first kappa shape index (κ1) is 12.5. The molecule has 0 aromatic carbocycles. The van der Waals surface area contributed by atoms with Gasteiger partial charge in [-0.05, 0) is 25.4 Å². The number of carbonyl (C=O) groups excluding carboxylic acids is 1. The van der Waals surface area contributed by atoms with Gasteiger partial charge < -0.3 is 15.7 Å². The van der Waals surface area contributed by atoms with E-state index in [-0.39, 0.29) is 12.3 Å². The number of rotatable bonds is 5. The lowest BCUT2D eigenvalue weighted by Gasteiger charge is -2.13. The lowest BCUT2D eigenvalue weighted by molar-refractivity contribution is -0.141. The Hall–Kier alpha value is -1.54. The van der Waals surface area contributed by atoms with Gasteiger partial charge in [0.2, 0.25) is 5.91 Å². The Labute approximate surface area is 94.6 Å². The highest BCUT2D eigenvalue weighted by molar-refractivity contribution is 5.83. The Kier molecular flexibility index (Phi) is 4.80. The predicted molar refractivity (Wildman–Crippen MR) is 58.6 cm³/mol. The van der Waals surface area contributed by atoms with E-state index in [4.69, 9.17) is 11.5 Å². The normalized spacial score (nSPS) is 21.1. The molecule has 1 heterocycles. The molecule has 1 fully saturated rings. The van der Waals surface area contributed by atoms with Crippen LogP contribution in [0.4, 0.5) is 0 Å². The quantitative estimate of drug-likeness (QED) is 0.554. The van der Waals surface area contributed by atoms with Gasteiger partial charge in [-0.15, -0.1) is 12.3 Å². The smallest absolute Gasteiger partial charge is 0.327 e. The molecule has 0 aromatic heterocycles. The predicted octanol–water partition coefficient (Wildman–Crippen LogP) is -0.421.